The lowest BCUT2D eigenvalue weighted by Crippen LogP contribution is -2.45. The second kappa shape index (κ2) is 5.69. The van der Waals surface area contributed by atoms with Crippen LogP contribution in [0.5, 0.6) is 0 Å². The Hall–Kier alpha value is -1.11. The average molecular weight is 276 g/mol. The van der Waals surface area contributed by atoms with Gasteiger partial charge in [0.05, 0.1) is 5.41 Å². The van der Waals surface area contributed by atoms with E-state index in [1.807, 2.05) is 0 Å². The molecule has 3 unspecified atom stereocenters. The lowest BCUT2D eigenvalue weighted by molar-refractivity contribution is -0.146. The Kier molecular flexibility index (Phi) is 4.72. The molecule has 0 aromatic rings. The number of likely N-dealkylation sites (tertiary alicyclic amines) is 1. The molecular formula is C11H20N2O4S. The summed E-state index contributed by atoms with van der Waals surface area (Å²) in [5.41, 5.74) is -0.853. The molecule has 6 nitrogen and oxygen atoms in total. The fourth-order valence-electron chi connectivity index (χ4n) is 2.00. The standard InChI is InChI=1S/C11H20N2O4S/c1-8(6-18(3)17)12-10(16)13-5-4-11(2,7-13)9(14)15/h8H,4-7H2,1-3H3,(H,12,16)(H,14,15). The number of carboxylic acids is 1. The molecule has 3 atom stereocenters. The fourth-order valence-corrected chi connectivity index (χ4v) is 2.79. The summed E-state index contributed by atoms with van der Waals surface area (Å²) < 4.78 is 11.0. The van der Waals surface area contributed by atoms with Gasteiger partial charge in [-0.3, -0.25) is 9.00 Å². The molecule has 7 heteroatoms. The zero-order chi connectivity index (χ0) is 13.9. The number of hydrogen-bond donors (Lipinski definition) is 2. The molecule has 1 aliphatic heterocycles. The summed E-state index contributed by atoms with van der Waals surface area (Å²) in [6, 6.07) is -0.460. The summed E-state index contributed by atoms with van der Waals surface area (Å²) in [6.45, 7) is 4.09. The van der Waals surface area contributed by atoms with Crippen LogP contribution < -0.4 is 5.32 Å². The monoisotopic (exact) mass is 276 g/mol. The molecule has 0 radical (unpaired) electrons. The minimum atomic E-state index is -0.964. The molecule has 2 amide bonds. The van der Waals surface area contributed by atoms with E-state index in [1.54, 1.807) is 20.1 Å². The van der Waals surface area contributed by atoms with E-state index in [0.717, 1.165) is 0 Å². The molecule has 0 aromatic carbocycles. The first kappa shape index (κ1) is 14.9. The number of rotatable bonds is 4. The van der Waals surface area contributed by atoms with E-state index >= 15 is 0 Å². The Morgan fingerprint density at radius 3 is 2.61 bits per heavy atom. The summed E-state index contributed by atoms with van der Waals surface area (Å²) in [5, 5.41) is 11.8. The van der Waals surface area contributed by atoms with Gasteiger partial charge in [0.2, 0.25) is 0 Å². The van der Waals surface area contributed by atoms with Crippen LogP contribution in [0.15, 0.2) is 0 Å². The van der Waals surface area contributed by atoms with Gasteiger partial charge in [0.25, 0.3) is 0 Å². The fraction of sp³-hybridized carbons (Fsp3) is 0.818. The Morgan fingerprint density at radius 1 is 1.56 bits per heavy atom. The van der Waals surface area contributed by atoms with E-state index in [4.69, 9.17) is 5.11 Å². The molecule has 0 bridgehead atoms. The SMILES string of the molecule is CC(CS(C)=O)NC(=O)N1CCC(C)(C(=O)O)C1. The third kappa shape index (κ3) is 3.69. The van der Waals surface area contributed by atoms with Gasteiger partial charge in [-0.1, -0.05) is 0 Å². The largest absolute Gasteiger partial charge is 0.481 e. The minimum Gasteiger partial charge on any atom is -0.481 e. The van der Waals surface area contributed by atoms with Crippen LogP contribution in [0.4, 0.5) is 4.79 Å². The highest BCUT2D eigenvalue weighted by Crippen LogP contribution is 2.29. The van der Waals surface area contributed by atoms with Gasteiger partial charge in [-0.05, 0) is 20.3 Å². The predicted molar refractivity (Wildman–Crippen MR) is 68.9 cm³/mol. The Labute approximate surface area is 109 Å². The summed E-state index contributed by atoms with van der Waals surface area (Å²) >= 11 is 0. The van der Waals surface area contributed by atoms with E-state index in [9.17, 15) is 13.8 Å². The van der Waals surface area contributed by atoms with Crippen LogP contribution >= 0.6 is 0 Å². The maximum absolute atomic E-state index is 11.9. The molecule has 1 heterocycles. The van der Waals surface area contributed by atoms with Crippen molar-refractivity contribution in [2.75, 3.05) is 25.1 Å². The molecule has 1 fully saturated rings. The van der Waals surface area contributed by atoms with Gasteiger partial charge in [-0.25, -0.2) is 4.79 Å². The average Bonchev–Trinajstić information content (AvgIpc) is 2.61. The molecule has 0 aliphatic carbocycles. The lowest BCUT2D eigenvalue weighted by Gasteiger charge is -2.22. The van der Waals surface area contributed by atoms with E-state index in [2.05, 4.69) is 5.32 Å². The van der Waals surface area contributed by atoms with Gasteiger partial charge in [0.15, 0.2) is 0 Å². The highest BCUT2D eigenvalue weighted by Gasteiger charge is 2.42. The third-order valence-electron chi connectivity index (χ3n) is 3.13. The summed E-state index contributed by atoms with van der Waals surface area (Å²) in [4.78, 5) is 24.4. The van der Waals surface area contributed by atoms with Crippen LogP contribution in [-0.2, 0) is 15.6 Å². The number of urea groups is 1. The van der Waals surface area contributed by atoms with Crippen molar-refractivity contribution in [3.8, 4) is 0 Å². The van der Waals surface area contributed by atoms with Crippen molar-refractivity contribution < 1.29 is 18.9 Å². The van der Waals surface area contributed by atoms with Crippen LogP contribution in [-0.4, -0.2) is 57.4 Å². The molecule has 0 saturated carbocycles. The number of nitrogens with zero attached hydrogens (tertiary/aromatic N) is 1. The third-order valence-corrected chi connectivity index (χ3v) is 4.10. The van der Waals surface area contributed by atoms with Gasteiger partial charge in [0, 0.05) is 41.9 Å². The van der Waals surface area contributed by atoms with Crippen LogP contribution in [0, 0.1) is 5.41 Å². The summed E-state index contributed by atoms with van der Waals surface area (Å²) in [5.74, 6) is -0.476. The lowest BCUT2D eigenvalue weighted by atomic mass is 9.90. The van der Waals surface area contributed by atoms with Crippen molar-refractivity contribution in [2.24, 2.45) is 5.41 Å². The molecular weight excluding hydrogens is 256 g/mol. The number of carboxylic acid groups (broad SMARTS) is 1. The molecule has 0 spiro atoms. The molecule has 1 rings (SSSR count). The van der Waals surface area contributed by atoms with E-state index < -0.39 is 22.2 Å². The van der Waals surface area contributed by atoms with Crippen molar-refractivity contribution in [1.82, 2.24) is 10.2 Å². The van der Waals surface area contributed by atoms with Gasteiger partial charge < -0.3 is 15.3 Å². The first-order chi connectivity index (χ1) is 8.24. The van der Waals surface area contributed by atoms with Gasteiger partial charge in [-0.2, -0.15) is 0 Å². The Balaban J connectivity index is 2.50. The van der Waals surface area contributed by atoms with Gasteiger partial charge >= 0.3 is 12.0 Å². The first-order valence-electron chi connectivity index (χ1n) is 5.83. The second-order valence-electron chi connectivity index (χ2n) is 5.13. The Morgan fingerprint density at radius 2 is 2.17 bits per heavy atom. The molecule has 18 heavy (non-hydrogen) atoms. The Bertz CT molecular complexity index is 374. The highest BCUT2D eigenvalue weighted by molar-refractivity contribution is 7.84. The van der Waals surface area contributed by atoms with Crippen molar-refractivity contribution in [3.05, 3.63) is 0 Å². The zero-order valence-corrected chi connectivity index (χ0v) is 11.7. The number of aliphatic carboxylic acids is 1. The van der Waals surface area contributed by atoms with Crippen LogP contribution in [0.25, 0.3) is 0 Å². The summed E-state index contributed by atoms with van der Waals surface area (Å²) in [7, 11) is -0.964. The number of nitrogens with one attached hydrogen (secondary N) is 1. The number of carbonyl (C=O) groups excluding carboxylic acids is 1. The van der Waals surface area contributed by atoms with Crippen LogP contribution in [0.2, 0.25) is 0 Å². The molecule has 2 N–H and O–H groups in total. The van der Waals surface area contributed by atoms with Crippen molar-refractivity contribution in [1.29, 1.82) is 0 Å². The quantitative estimate of drug-likeness (QED) is 0.771. The molecule has 0 aromatic heterocycles. The van der Waals surface area contributed by atoms with E-state index in [0.29, 0.717) is 18.7 Å². The normalized spacial score (nSPS) is 26.7. The van der Waals surface area contributed by atoms with Crippen LogP contribution in [0.3, 0.4) is 0 Å². The van der Waals surface area contributed by atoms with Crippen molar-refractivity contribution in [2.45, 2.75) is 26.3 Å². The van der Waals surface area contributed by atoms with E-state index in [-0.39, 0.29) is 18.6 Å². The maximum Gasteiger partial charge on any atom is 0.317 e. The predicted octanol–water partition coefficient (Wildman–Crippen LogP) is 0.260. The highest BCUT2D eigenvalue weighted by atomic mass is 32.2. The van der Waals surface area contributed by atoms with E-state index in [1.165, 1.54) is 4.90 Å². The topological polar surface area (TPSA) is 86.7 Å². The minimum absolute atomic E-state index is 0.181. The maximum atomic E-state index is 11.9. The van der Waals surface area contributed by atoms with Crippen LogP contribution in [0.1, 0.15) is 20.3 Å². The van der Waals surface area contributed by atoms with Crippen molar-refractivity contribution >= 4 is 22.8 Å². The number of amides is 2. The molecule has 104 valence electrons. The number of hydrogen-bond acceptors (Lipinski definition) is 3. The van der Waals surface area contributed by atoms with Crippen molar-refractivity contribution in [3.63, 3.8) is 0 Å². The first-order valence-corrected chi connectivity index (χ1v) is 7.56. The smallest absolute Gasteiger partial charge is 0.317 e. The zero-order valence-electron chi connectivity index (χ0n) is 10.9. The molecule has 1 aliphatic rings. The number of carbonyl (C=O) groups is 2. The van der Waals surface area contributed by atoms with Gasteiger partial charge in [-0.15, -0.1) is 0 Å². The molecule has 1 saturated heterocycles. The van der Waals surface area contributed by atoms with Gasteiger partial charge in [0.1, 0.15) is 0 Å². The summed E-state index contributed by atoms with van der Waals surface area (Å²) in [6.07, 6.45) is 2.05. The second-order valence-corrected chi connectivity index (χ2v) is 6.61.